The quantitative estimate of drug-likeness (QED) is 0.448. The topological polar surface area (TPSA) is 56.3 Å². The molecule has 2 heterocycles. The van der Waals surface area contributed by atoms with E-state index in [9.17, 15) is 4.39 Å². The molecule has 0 saturated carbocycles. The normalized spacial score (nSPS) is 11.2. The maximum Gasteiger partial charge on any atom is 0.165 e. The van der Waals surface area contributed by atoms with Gasteiger partial charge in [0.25, 0.3) is 0 Å². The highest BCUT2D eigenvalue weighted by Gasteiger charge is 2.17. The summed E-state index contributed by atoms with van der Waals surface area (Å²) in [6.45, 7) is 3.28. The molecule has 0 radical (unpaired) electrons. The first kappa shape index (κ1) is 19.8. The van der Waals surface area contributed by atoms with Crippen molar-refractivity contribution in [1.29, 1.82) is 0 Å². The molecule has 0 bridgehead atoms. The minimum Gasteiger partial charge on any atom is -0.494 e. The van der Waals surface area contributed by atoms with Gasteiger partial charge in [-0.2, -0.15) is 5.10 Å². The van der Waals surface area contributed by atoms with Crippen molar-refractivity contribution in [3.8, 4) is 22.7 Å². The Hall–Kier alpha value is -3.45. The third-order valence-electron chi connectivity index (χ3n) is 4.94. The molecule has 0 spiro atoms. The second-order valence-corrected chi connectivity index (χ2v) is 7.25. The van der Waals surface area contributed by atoms with Gasteiger partial charge < -0.3 is 9.26 Å². The van der Waals surface area contributed by atoms with Crippen molar-refractivity contribution in [3.63, 3.8) is 0 Å². The molecule has 0 saturated heterocycles. The van der Waals surface area contributed by atoms with E-state index in [2.05, 4.69) is 10.1 Å². The van der Waals surface area contributed by atoms with E-state index in [0.29, 0.717) is 18.7 Å². The summed E-state index contributed by atoms with van der Waals surface area (Å²) < 4.78 is 26.2. The van der Waals surface area contributed by atoms with Gasteiger partial charge in [-0.15, -0.1) is 0 Å². The monoisotopic (exact) mass is 406 g/mol. The first-order valence-electron chi connectivity index (χ1n) is 9.61. The van der Waals surface area contributed by atoms with Crippen LogP contribution in [0.5, 0.6) is 5.75 Å². The first-order chi connectivity index (χ1) is 14.5. The van der Waals surface area contributed by atoms with E-state index >= 15 is 0 Å². The minimum absolute atomic E-state index is 0.210. The Bertz CT molecular complexity index is 1140. The number of aromatic nitrogens is 3. The largest absolute Gasteiger partial charge is 0.494 e. The van der Waals surface area contributed by atoms with E-state index in [0.717, 1.165) is 28.2 Å². The fourth-order valence-electron chi connectivity index (χ4n) is 3.47. The molecule has 0 aliphatic carbocycles. The maximum atomic E-state index is 14.4. The number of rotatable bonds is 7. The predicted octanol–water partition coefficient (Wildman–Crippen LogP) is 4.62. The smallest absolute Gasteiger partial charge is 0.165 e. The van der Waals surface area contributed by atoms with Crippen LogP contribution in [0.2, 0.25) is 0 Å². The molecule has 30 heavy (non-hydrogen) atoms. The lowest BCUT2D eigenvalue weighted by atomic mass is 10.1. The van der Waals surface area contributed by atoms with Crippen LogP contribution in [-0.2, 0) is 13.1 Å². The summed E-state index contributed by atoms with van der Waals surface area (Å²) in [5, 5.41) is 8.78. The molecule has 6 nitrogen and oxygen atoms in total. The Morgan fingerprint density at radius 2 is 1.97 bits per heavy atom. The van der Waals surface area contributed by atoms with Gasteiger partial charge in [0.2, 0.25) is 0 Å². The van der Waals surface area contributed by atoms with Gasteiger partial charge in [0.15, 0.2) is 11.6 Å². The molecule has 4 rings (SSSR count). The summed E-state index contributed by atoms with van der Waals surface area (Å²) in [6, 6.07) is 14.8. The van der Waals surface area contributed by atoms with Gasteiger partial charge in [-0.1, -0.05) is 23.4 Å². The van der Waals surface area contributed by atoms with Gasteiger partial charge in [0.1, 0.15) is 6.26 Å². The average molecular weight is 406 g/mol. The van der Waals surface area contributed by atoms with Crippen molar-refractivity contribution in [2.45, 2.75) is 20.0 Å². The highest BCUT2D eigenvalue weighted by Crippen LogP contribution is 2.29. The lowest BCUT2D eigenvalue weighted by Gasteiger charge is -2.15. The highest BCUT2D eigenvalue weighted by molar-refractivity contribution is 5.64. The molecule has 0 fully saturated rings. The molecule has 2 aromatic carbocycles. The summed E-state index contributed by atoms with van der Waals surface area (Å²) in [5.74, 6) is -0.205. The predicted molar refractivity (Wildman–Crippen MR) is 112 cm³/mol. The molecule has 2 aromatic heterocycles. The summed E-state index contributed by atoms with van der Waals surface area (Å²) in [4.78, 5) is 2.11. The zero-order chi connectivity index (χ0) is 21.1. The number of ether oxygens (including phenoxy) is 1. The van der Waals surface area contributed by atoms with Gasteiger partial charge in [0, 0.05) is 36.5 Å². The molecular weight excluding hydrogens is 383 g/mol. The summed E-state index contributed by atoms with van der Waals surface area (Å²) >= 11 is 0. The number of halogens is 1. The van der Waals surface area contributed by atoms with Crippen molar-refractivity contribution >= 4 is 0 Å². The van der Waals surface area contributed by atoms with Crippen LogP contribution in [0.3, 0.4) is 0 Å². The second-order valence-electron chi connectivity index (χ2n) is 7.25. The highest BCUT2D eigenvalue weighted by atomic mass is 19.1. The van der Waals surface area contributed by atoms with Crippen LogP contribution < -0.4 is 4.74 Å². The van der Waals surface area contributed by atoms with Gasteiger partial charge in [-0.3, -0.25) is 4.90 Å². The molecule has 4 aromatic rings. The molecule has 0 unspecified atom stereocenters. The molecule has 0 amide bonds. The van der Waals surface area contributed by atoms with Gasteiger partial charge >= 0.3 is 0 Å². The molecule has 0 aliphatic rings. The SMILES string of the molecule is COc1ccc(-c2nn(-c3ccccc3C)cc2CN(C)Cc2ccon2)cc1F. The van der Waals surface area contributed by atoms with E-state index in [1.165, 1.54) is 13.2 Å². The summed E-state index contributed by atoms with van der Waals surface area (Å²) in [6.07, 6.45) is 3.56. The van der Waals surface area contributed by atoms with E-state index in [1.807, 2.05) is 61.2 Å². The molecular formula is C23H23FN4O2. The number of hydrogen-bond acceptors (Lipinski definition) is 5. The van der Waals surface area contributed by atoms with Crippen LogP contribution in [0.1, 0.15) is 16.8 Å². The van der Waals surface area contributed by atoms with Crippen molar-refractivity contribution < 1.29 is 13.7 Å². The third kappa shape index (κ3) is 4.11. The van der Waals surface area contributed by atoms with Gasteiger partial charge in [-0.05, 0) is 43.8 Å². The number of hydrogen-bond donors (Lipinski definition) is 0. The Morgan fingerprint density at radius 1 is 1.13 bits per heavy atom. The van der Waals surface area contributed by atoms with Crippen LogP contribution in [0, 0.1) is 12.7 Å². The van der Waals surface area contributed by atoms with Crippen molar-refractivity contribution in [3.05, 3.63) is 83.6 Å². The number of nitrogens with zero attached hydrogens (tertiary/aromatic N) is 4. The number of methoxy groups -OCH3 is 1. The van der Waals surface area contributed by atoms with Crippen LogP contribution >= 0.6 is 0 Å². The molecule has 7 heteroatoms. The van der Waals surface area contributed by atoms with Gasteiger partial charge in [0.05, 0.1) is 24.2 Å². The third-order valence-corrected chi connectivity index (χ3v) is 4.94. The van der Waals surface area contributed by atoms with E-state index in [1.54, 1.807) is 12.3 Å². The lowest BCUT2D eigenvalue weighted by molar-refractivity contribution is 0.304. The fraction of sp³-hybridized carbons (Fsp3) is 0.217. The number of para-hydroxylation sites is 1. The van der Waals surface area contributed by atoms with Crippen molar-refractivity contribution in [2.24, 2.45) is 0 Å². The van der Waals surface area contributed by atoms with E-state index in [4.69, 9.17) is 14.4 Å². The molecule has 154 valence electrons. The Kier molecular flexibility index (Phi) is 5.63. The Balaban J connectivity index is 1.73. The van der Waals surface area contributed by atoms with Crippen LogP contribution in [0.15, 0.2) is 65.5 Å². The fourth-order valence-corrected chi connectivity index (χ4v) is 3.47. The van der Waals surface area contributed by atoms with E-state index < -0.39 is 5.82 Å². The first-order valence-corrected chi connectivity index (χ1v) is 9.61. The Labute approximate surface area is 174 Å². The van der Waals surface area contributed by atoms with E-state index in [-0.39, 0.29) is 5.75 Å². The van der Waals surface area contributed by atoms with Gasteiger partial charge in [-0.25, -0.2) is 9.07 Å². The standard InChI is InChI=1S/C23H23FN4O2/c1-16-6-4-5-7-21(16)28-14-18(13-27(2)15-19-10-11-30-26-19)23(25-28)17-8-9-22(29-3)20(24)12-17/h4-12,14H,13,15H2,1-3H3. The number of benzene rings is 2. The zero-order valence-electron chi connectivity index (χ0n) is 17.2. The minimum atomic E-state index is -0.414. The second kappa shape index (κ2) is 8.51. The summed E-state index contributed by atoms with van der Waals surface area (Å²) in [7, 11) is 3.45. The lowest BCUT2D eigenvalue weighted by Crippen LogP contribution is -2.17. The van der Waals surface area contributed by atoms with Crippen LogP contribution in [-0.4, -0.2) is 34.0 Å². The molecule has 0 aliphatic heterocycles. The molecule has 0 N–H and O–H groups in total. The Morgan fingerprint density at radius 3 is 2.67 bits per heavy atom. The van der Waals surface area contributed by atoms with Crippen LogP contribution in [0.4, 0.5) is 4.39 Å². The van der Waals surface area contributed by atoms with Crippen molar-refractivity contribution in [1.82, 2.24) is 19.8 Å². The zero-order valence-corrected chi connectivity index (χ0v) is 17.2. The maximum absolute atomic E-state index is 14.4. The van der Waals surface area contributed by atoms with Crippen LogP contribution in [0.25, 0.3) is 16.9 Å². The number of aryl methyl sites for hydroxylation is 1. The summed E-state index contributed by atoms with van der Waals surface area (Å²) in [5.41, 5.74) is 5.35. The molecule has 0 atom stereocenters. The average Bonchev–Trinajstić information content (AvgIpc) is 3.38. The van der Waals surface area contributed by atoms with Crippen molar-refractivity contribution in [2.75, 3.05) is 14.2 Å².